The molecule has 154 valence electrons. The first kappa shape index (κ1) is 19.8. The monoisotopic (exact) mass is 416 g/mol. The Kier molecular flexibility index (Phi) is 5.56. The molecule has 3 N–H and O–H groups in total. The van der Waals surface area contributed by atoms with Gasteiger partial charge in [0.2, 0.25) is 5.91 Å². The van der Waals surface area contributed by atoms with E-state index >= 15 is 0 Å². The van der Waals surface area contributed by atoms with Crippen LogP contribution in [0.2, 0.25) is 0 Å². The highest BCUT2D eigenvalue weighted by Gasteiger charge is 2.29. The topological polar surface area (TPSA) is 78.7 Å². The summed E-state index contributed by atoms with van der Waals surface area (Å²) in [5.74, 6) is -0.838. The summed E-state index contributed by atoms with van der Waals surface area (Å²) in [6.07, 6.45) is 2.82. The minimum Gasteiger partial charge on any atom is -0.369 e. The Morgan fingerprint density at radius 3 is 2.48 bits per heavy atom. The number of nitrogens with one attached hydrogen (secondary N) is 1. The fourth-order valence-electron chi connectivity index (χ4n) is 4.15. The Hall–Kier alpha value is -2.45. The first-order chi connectivity index (χ1) is 13.9. The first-order valence-corrected chi connectivity index (χ1v) is 10.8. The Balaban J connectivity index is 1.38. The van der Waals surface area contributed by atoms with Gasteiger partial charge < -0.3 is 16.0 Å². The molecule has 2 aliphatic rings. The van der Waals surface area contributed by atoms with E-state index in [1.54, 1.807) is 12.1 Å². The van der Waals surface area contributed by atoms with Gasteiger partial charge in [-0.05, 0) is 56.0 Å². The summed E-state index contributed by atoms with van der Waals surface area (Å²) < 4.78 is 13.1. The molecule has 2 amide bonds. The van der Waals surface area contributed by atoms with Crippen LogP contribution in [0.4, 0.5) is 15.1 Å². The number of rotatable bonds is 5. The molecule has 4 rings (SSSR count). The fraction of sp³-hybridized carbons (Fsp3) is 0.429. The van der Waals surface area contributed by atoms with Crippen molar-refractivity contribution in [3.05, 3.63) is 46.1 Å². The zero-order valence-electron chi connectivity index (χ0n) is 16.4. The van der Waals surface area contributed by atoms with Gasteiger partial charge in [0.15, 0.2) is 0 Å². The Bertz CT molecular complexity index is 920. The van der Waals surface area contributed by atoms with Crippen LogP contribution in [-0.2, 0) is 17.6 Å². The molecule has 1 aromatic carbocycles. The van der Waals surface area contributed by atoms with Crippen molar-refractivity contribution in [1.82, 2.24) is 4.90 Å². The van der Waals surface area contributed by atoms with Crippen LogP contribution in [-0.4, -0.2) is 48.9 Å². The standard InChI is InChI=1S/C21H25FN4O2S/c1-13(25-9-11-26(12-10-25)15-7-5-14(22)6-8-15)20(28)24-21-18(19(23)27)16-3-2-4-17(16)29-21/h5-8,13H,2-4,9-12H2,1H3,(H2,23,27)(H,24,28)/t13-/m1/s1. The molecule has 0 spiro atoms. The van der Waals surface area contributed by atoms with Gasteiger partial charge in [0.05, 0.1) is 11.6 Å². The van der Waals surface area contributed by atoms with Crippen LogP contribution in [0.25, 0.3) is 0 Å². The van der Waals surface area contributed by atoms with Gasteiger partial charge in [0.25, 0.3) is 5.91 Å². The van der Waals surface area contributed by atoms with Crippen LogP contribution >= 0.6 is 11.3 Å². The number of carbonyl (C=O) groups excluding carboxylic acids is 2. The number of halogens is 1. The van der Waals surface area contributed by atoms with Crippen molar-refractivity contribution in [3.63, 3.8) is 0 Å². The number of nitrogens with two attached hydrogens (primary N) is 1. The average molecular weight is 417 g/mol. The van der Waals surface area contributed by atoms with E-state index in [1.165, 1.54) is 23.5 Å². The van der Waals surface area contributed by atoms with Crippen LogP contribution in [0.1, 0.15) is 34.1 Å². The van der Waals surface area contributed by atoms with Crippen LogP contribution < -0.4 is 16.0 Å². The van der Waals surface area contributed by atoms with Crippen LogP contribution in [0.15, 0.2) is 24.3 Å². The second-order valence-corrected chi connectivity index (χ2v) is 8.70. The van der Waals surface area contributed by atoms with Crippen molar-refractivity contribution in [1.29, 1.82) is 0 Å². The molecule has 6 nitrogen and oxygen atoms in total. The lowest BCUT2D eigenvalue weighted by Gasteiger charge is -2.38. The van der Waals surface area contributed by atoms with Gasteiger partial charge in [-0.1, -0.05) is 0 Å². The van der Waals surface area contributed by atoms with Crippen molar-refractivity contribution in [2.75, 3.05) is 36.4 Å². The number of piperazine rings is 1. The smallest absolute Gasteiger partial charge is 0.251 e. The number of thiophene rings is 1. The predicted molar refractivity (Wildman–Crippen MR) is 113 cm³/mol. The lowest BCUT2D eigenvalue weighted by molar-refractivity contribution is -0.120. The van der Waals surface area contributed by atoms with E-state index < -0.39 is 5.91 Å². The van der Waals surface area contributed by atoms with Crippen molar-refractivity contribution < 1.29 is 14.0 Å². The third-order valence-corrected chi connectivity index (χ3v) is 7.04. The zero-order valence-corrected chi connectivity index (χ0v) is 17.2. The van der Waals surface area contributed by atoms with E-state index in [4.69, 9.17) is 5.73 Å². The second-order valence-electron chi connectivity index (χ2n) is 7.59. The molecule has 8 heteroatoms. The van der Waals surface area contributed by atoms with Crippen molar-refractivity contribution >= 4 is 33.8 Å². The number of benzene rings is 1. The van der Waals surface area contributed by atoms with Gasteiger partial charge in [-0.2, -0.15) is 0 Å². The molecule has 0 bridgehead atoms. The van der Waals surface area contributed by atoms with E-state index in [0.717, 1.165) is 61.6 Å². The lowest BCUT2D eigenvalue weighted by Crippen LogP contribution is -2.52. The second kappa shape index (κ2) is 8.12. The normalized spacial score (nSPS) is 17.8. The number of carbonyl (C=O) groups is 2. The third-order valence-electron chi connectivity index (χ3n) is 5.84. The summed E-state index contributed by atoms with van der Waals surface area (Å²) in [5.41, 5.74) is 8.07. The number of aryl methyl sites for hydroxylation is 1. The average Bonchev–Trinajstić information content (AvgIpc) is 3.28. The van der Waals surface area contributed by atoms with Gasteiger partial charge in [-0.3, -0.25) is 14.5 Å². The van der Waals surface area contributed by atoms with Gasteiger partial charge in [-0.15, -0.1) is 11.3 Å². The largest absolute Gasteiger partial charge is 0.369 e. The maximum absolute atomic E-state index is 13.1. The molecule has 1 atom stereocenters. The molecular weight excluding hydrogens is 391 g/mol. The van der Waals surface area contributed by atoms with Crippen molar-refractivity contribution in [3.8, 4) is 0 Å². The molecule has 1 fully saturated rings. The number of anilines is 2. The number of fused-ring (bicyclic) bond motifs is 1. The van der Waals surface area contributed by atoms with Crippen LogP contribution in [0.5, 0.6) is 0 Å². The van der Waals surface area contributed by atoms with Gasteiger partial charge in [-0.25, -0.2) is 4.39 Å². The van der Waals surface area contributed by atoms with Crippen LogP contribution in [0.3, 0.4) is 0 Å². The summed E-state index contributed by atoms with van der Waals surface area (Å²) in [5, 5.41) is 3.54. The summed E-state index contributed by atoms with van der Waals surface area (Å²) in [6, 6.07) is 6.17. The Labute approximate surface area is 173 Å². The number of nitrogens with zero attached hydrogens (tertiary/aromatic N) is 2. The van der Waals surface area contributed by atoms with Gasteiger partial charge in [0, 0.05) is 36.7 Å². The summed E-state index contributed by atoms with van der Waals surface area (Å²) in [6.45, 7) is 4.88. The molecule has 0 unspecified atom stereocenters. The van der Waals surface area contributed by atoms with E-state index in [1.807, 2.05) is 6.92 Å². The van der Waals surface area contributed by atoms with Crippen molar-refractivity contribution in [2.45, 2.75) is 32.2 Å². The molecule has 2 heterocycles. The maximum Gasteiger partial charge on any atom is 0.251 e. The number of primary amides is 1. The number of amides is 2. The predicted octanol–water partition coefficient (Wildman–Crippen LogP) is 2.62. The lowest BCUT2D eigenvalue weighted by atomic mass is 10.1. The van der Waals surface area contributed by atoms with E-state index in [-0.39, 0.29) is 17.8 Å². The molecule has 29 heavy (non-hydrogen) atoms. The molecule has 1 saturated heterocycles. The molecular formula is C21H25FN4O2S. The minimum absolute atomic E-state index is 0.123. The first-order valence-electron chi connectivity index (χ1n) is 9.94. The SMILES string of the molecule is C[C@H](C(=O)Nc1sc2c(c1C(N)=O)CCC2)N1CCN(c2ccc(F)cc2)CC1. The van der Waals surface area contributed by atoms with E-state index in [0.29, 0.717) is 10.6 Å². The summed E-state index contributed by atoms with van der Waals surface area (Å²) in [4.78, 5) is 30.3. The highest BCUT2D eigenvalue weighted by atomic mass is 32.1. The molecule has 1 aromatic heterocycles. The molecule has 2 aromatic rings. The van der Waals surface area contributed by atoms with Crippen LogP contribution in [0, 0.1) is 5.82 Å². The number of hydrogen-bond donors (Lipinski definition) is 2. The number of hydrogen-bond acceptors (Lipinski definition) is 5. The molecule has 0 saturated carbocycles. The molecule has 0 radical (unpaired) electrons. The summed E-state index contributed by atoms with van der Waals surface area (Å²) in [7, 11) is 0. The quantitative estimate of drug-likeness (QED) is 0.785. The fourth-order valence-corrected chi connectivity index (χ4v) is 5.45. The molecule has 1 aliphatic carbocycles. The Morgan fingerprint density at radius 2 is 1.83 bits per heavy atom. The van der Waals surface area contributed by atoms with Gasteiger partial charge in [0.1, 0.15) is 10.8 Å². The highest BCUT2D eigenvalue weighted by Crippen LogP contribution is 2.39. The van der Waals surface area contributed by atoms with E-state index in [2.05, 4.69) is 15.1 Å². The summed E-state index contributed by atoms with van der Waals surface area (Å²) >= 11 is 1.48. The molecule has 1 aliphatic heterocycles. The zero-order chi connectivity index (χ0) is 20.5. The van der Waals surface area contributed by atoms with Gasteiger partial charge >= 0.3 is 0 Å². The van der Waals surface area contributed by atoms with E-state index in [9.17, 15) is 14.0 Å². The Morgan fingerprint density at radius 1 is 1.14 bits per heavy atom. The maximum atomic E-state index is 13.1. The highest BCUT2D eigenvalue weighted by molar-refractivity contribution is 7.17. The minimum atomic E-state index is -0.472. The third kappa shape index (κ3) is 4.00. The van der Waals surface area contributed by atoms with Crippen molar-refractivity contribution in [2.24, 2.45) is 5.73 Å².